The summed E-state index contributed by atoms with van der Waals surface area (Å²) < 4.78 is 4.98. The van der Waals surface area contributed by atoms with Crippen LogP contribution in [0.25, 0.3) is 0 Å². The summed E-state index contributed by atoms with van der Waals surface area (Å²) in [6, 6.07) is 8.43. The number of aromatic nitrogens is 2. The van der Waals surface area contributed by atoms with E-state index >= 15 is 0 Å². The van der Waals surface area contributed by atoms with Crippen molar-refractivity contribution >= 4 is 17.9 Å². The van der Waals surface area contributed by atoms with E-state index in [4.69, 9.17) is 4.74 Å². The van der Waals surface area contributed by atoms with Crippen molar-refractivity contribution in [3.05, 3.63) is 59.7 Å². The largest absolute Gasteiger partial charge is 0.450 e. The zero-order valence-corrected chi connectivity index (χ0v) is 16.2. The lowest BCUT2D eigenvalue weighted by atomic mass is 10.2. The Bertz CT molecular complexity index is 866. The summed E-state index contributed by atoms with van der Waals surface area (Å²) in [5.74, 6) is -0.633. The van der Waals surface area contributed by atoms with Gasteiger partial charge in [0.05, 0.1) is 6.61 Å². The molecule has 0 unspecified atom stereocenters. The van der Waals surface area contributed by atoms with Crippen molar-refractivity contribution < 1.29 is 19.1 Å². The van der Waals surface area contributed by atoms with Crippen molar-refractivity contribution in [2.75, 3.05) is 32.8 Å². The minimum Gasteiger partial charge on any atom is -0.450 e. The topological polar surface area (TPSA) is 105 Å². The van der Waals surface area contributed by atoms with E-state index in [9.17, 15) is 14.4 Å². The molecule has 0 saturated carbocycles. The SMILES string of the molecule is CCOC(=O)N1CCN(C(=O)c2cccc(C(=O)NCc3cccnc3)n2)CC1. The van der Waals surface area contributed by atoms with Crippen molar-refractivity contribution in [2.45, 2.75) is 13.5 Å². The van der Waals surface area contributed by atoms with Crippen LogP contribution in [0.5, 0.6) is 0 Å². The first kappa shape index (κ1) is 20.2. The van der Waals surface area contributed by atoms with Gasteiger partial charge in [-0.1, -0.05) is 12.1 Å². The molecule has 1 N–H and O–H groups in total. The fraction of sp³-hybridized carbons (Fsp3) is 0.350. The molecule has 152 valence electrons. The first-order valence-electron chi connectivity index (χ1n) is 9.43. The molecule has 0 atom stereocenters. The van der Waals surface area contributed by atoms with E-state index < -0.39 is 0 Å². The van der Waals surface area contributed by atoms with Gasteiger partial charge in [0.1, 0.15) is 11.4 Å². The highest BCUT2D eigenvalue weighted by molar-refractivity contribution is 5.96. The molecule has 0 spiro atoms. The third-order valence-corrected chi connectivity index (χ3v) is 4.47. The monoisotopic (exact) mass is 397 g/mol. The average Bonchev–Trinajstić information content (AvgIpc) is 2.78. The third-order valence-electron chi connectivity index (χ3n) is 4.47. The Morgan fingerprint density at radius 1 is 1.03 bits per heavy atom. The summed E-state index contributed by atoms with van der Waals surface area (Å²) in [7, 11) is 0. The summed E-state index contributed by atoms with van der Waals surface area (Å²) in [5.41, 5.74) is 1.24. The highest BCUT2D eigenvalue weighted by Gasteiger charge is 2.26. The number of hydrogen-bond donors (Lipinski definition) is 1. The molecule has 3 amide bonds. The predicted molar refractivity (Wildman–Crippen MR) is 104 cm³/mol. The number of ether oxygens (including phenoxy) is 1. The van der Waals surface area contributed by atoms with Crippen LogP contribution in [0.4, 0.5) is 4.79 Å². The zero-order valence-electron chi connectivity index (χ0n) is 16.2. The molecule has 1 aliphatic rings. The third kappa shape index (κ3) is 5.28. The van der Waals surface area contributed by atoms with Gasteiger partial charge in [-0.15, -0.1) is 0 Å². The van der Waals surface area contributed by atoms with Gasteiger partial charge in [0.15, 0.2) is 0 Å². The van der Waals surface area contributed by atoms with Crippen LogP contribution in [-0.2, 0) is 11.3 Å². The second kappa shape index (κ2) is 9.63. The molecule has 0 aromatic carbocycles. The molecule has 9 nitrogen and oxygen atoms in total. The van der Waals surface area contributed by atoms with Crippen LogP contribution in [-0.4, -0.2) is 70.5 Å². The van der Waals surface area contributed by atoms with Crippen LogP contribution >= 0.6 is 0 Å². The van der Waals surface area contributed by atoms with E-state index in [1.807, 2.05) is 6.07 Å². The summed E-state index contributed by atoms with van der Waals surface area (Å²) in [6.07, 6.45) is 2.96. The van der Waals surface area contributed by atoms with Crippen LogP contribution in [0.2, 0.25) is 0 Å². The lowest BCUT2D eigenvalue weighted by Crippen LogP contribution is -2.50. The molecular formula is C20H23N5O4. The van der Waals surface area contributed by atoms with Gasteiger partial charge in [0, 0.05) is 45.1 Å². The minimum atomic E-state index is -0.370. The molecule has 2 aromatic rings. The molecule has 1 fully saturated rings. The molecule has 2 aromatic heterocycles. The lowest BCUT2D eigenvalue weighted by Gasteiger charge is -2.33. The number of piperazine rings is 1. The van der Waals surface area contributed by atoms with Crippen LogP contribution in [0.1, 0.15) is 33.5 Å². The van der Waals surface area contributed by atoms with E-state index in [0.29, 0.717) is 39.3 Å². The van der Waals surface area contributed by atoms with E-state index in [1.165, 1.54) is 0 Å². The minimum absolute atomic E-state index is 0.171. The van der Waals surface area contributed by atoms with E-state index in [2.05, 4.69) is 15.3 Å². The molecule has 9 heteroatoms. The average molecular weight is 397 g/mol. The smallest absolute Gasteiger partial charge is 0.409 e. The summed E-state index contributed by atoms with van der Waals surface area (Å²) in [5, 5.41) is 2.77. The van der Waals surface area contributed by atoms with Crippen LogP contribution in [0.3, 0.4) is 0 Å². The first-order chi connectivity index (χ1) is 14.1. The zero-order chi connectivity index (χ0) is 20.6. The highest BCUT2D eigenvalue weighted by Crippen LogP contribution is 2.09. The van der Waals surface area contributed by atoms with E-state index in [1.54, 1.807) is 53.4 Å². The summed E-state index contributed by atoms with van der Waals surface area (Å²) in [4.78, 5) is 48.3. The normalized spacial score (nSPS) is 13.7. The molecule has 3 rings (SSSR count). The number of hydrogen-bond acceptors (Lipinski definition) is 6. The summed E-state index contributed by atoms with van der Waals surface area (Å²) in [6.45, 7) is 3.96. The molecule has 3 heterocycles. The van der Waals surface area contributed by atoms with Gasteiger partial charge >= 0.3 is 6.09 Å². The van der Waals surface area contributed by atoms with Gasteiger partial charge in [0.25, 0.3) is 11.8 Å². The fourth-order valence-electron chi connectivity index (χ4n) is 2.92. The molecule has 0 bridgehead atoms. The molecule has 1 saturated heterocycles. The number of pyridine rings is 2. The Kier molecular flexibility index (Phi) is 6.72. The van der Waals surface area contributed by atoms with Crippen molar-refractivity contribution in [1.29, 1.82) is 0 Å². The second-order valence-corrected chi connectivity index (χ2v) is 6.43. The molecular weight excluding hydrogens is 374 g/mol. The van der Waals surface area contributed by atoms with Crippen LogP contribution < -0.4 is 5.32 Å². The van der Waals surface area contributed by atoms with Crippen molar-refractivity contribution in [1.82, 2.24) is 25.1 Å². The standard InChI is InChI=1S/C20H23N5O4/c1-2-29-20(28)25-11-9-24(10-12-25)19(27)17-7-3-6-16(23-17)18(26)22-14-15-5-4-8-21-13-15/h3-8,13H,2,9-12,14H2,1H3,(H,22,26). The van der Waals surface area contributed by atoms with E-state index in [0.717, 1.165) is 5.56 Å². The number of rotatable bonds is 5. The van der Waals surface area contributed by atoms with Crippen molar-refractivity contribution in [3.8, 4) is 0 Å². The van der Waals surface area contributed by atoms with Gasteiger partial charge < -0.3 is 19.9 Å². The van der Waals surface area contributed by atoms with Crippen molar-refractivity contribution in [3.63, 3.8) is 0 Å². The molecule has 0 aliphatic carbocycles. The second-order valence-electron chi connectivity index (χ2n) is 6.43. The predicted octanol–water partition coefficient (Wildman–Crippen LogP) is 1.32. The number of amides is 3. The highest BCUT2D eigenvalue weighted by atomic mass is 16.6. The number of nitrogens with zero attached hydrogens (tertiary/aromatic N) is 4. The van der Waals surface area contributed by atoms with Gasteiger partial charge in [-0.2, -0.15) is 0 Å². The maximum atomic E-state index is 12.7. The Hall–Kier alpha value is -3.49. The number of carbonyl (C=O) groups excluding carboxylic acids is 3. The van der Waals surface area contributed by atoms with Crippen molar-refractivity contribution in [2.24, 2.45) is 0 Å². The summed E-state index contributed by atoms with van der Waals surface area (Å²) >= 11 is 0. The van der Waals surface area contributed by atoms with Crippen LogP contribution in [0.15, 0.2) is 42.7 Å². The fourth-order valence-corrected chi connectivity index (χ4v) is 2.92. The Balaban J connectivity index is 1.58. The Labute approximate surface area is 168 Å². The maximum absolute atomic E-state index is 12.7. The van der Waals surface area contributed by atoms with Gasteiger partial charge in [-0.3, -0.25) is 14.6 Å². The Morgan fingerprint density at radius 2 is 1.76 bits per heavy atom. The quantitative estimate of drug-likeness (QED) is 0.816. The maximum Gasteiger partial charge on any atom is 0.409 e. The van der Waals surface area contributed by atoms with Gasteiger partial charge in [-0.05, 0) is 30.7 Å². The number of carbonyl (C=O) groups is 3. The Morgan fingerprint density at radius 3 is 2.45 bits per heavy atom. The first-order valence-corrected chi connectivity index (χ1v) is 9.43. The molecule has 29 heavy (non-hydrogen) atoms. The van der Waals surface area contributed by atoms with E-state index in [-0.39, 0.29) is 29.3 Å². The number of nitrogens with one attached hydrogen (secondary N) is 1. The van der Waals surface area contributed by atoms with Gasteiger partial charge in [0.2, 0.25) is 0 Å². The van der Waals surface area contributed by atoms with Gasteiger partial charge in [-0.25, -0.2) is 9.78 Å². The molecule has 1 aliphatic heterocycles. The lowest BCUT2D eigenvalue weighted by molar-refractivity contribution is 0.0565. The van der Waals surface area contributed by atoms with Crippen LogP contribution in [0, 0.1) is 0 Å². The molecule has 0 radical (unpaired) electrons.